The van der Waals surface area contributed by atoms with Gasteiger partial charge in [0.05, 0.1) is 5.41 Å². The number of rotatable bonds is 4. The average Bonchev–Trinajstić information content (AvgIpc) is 2.17. The average molecular weight is 257 g/mol. The van der Waals surface area contributed by atoms with Gasteiger partial charge in [-0.1, -0.05) is 11.8 Å². The predicted molar refractivity (Wildman–Crippen MR) is 55.3 cm³/mol. The van der Waals surface area contributed by atoms with Crippen LogP contribution < -0.4 is 5.32 Å². The van der Waals surface area contributed by atoms with Gasteiger partial charge >= 0.3 is 11.5 Å². The molecule has 7 heteroatoms. The molecule has 0 aromatic rings. The molecule has 94 valence electrons. The Morgan fingerprint density at radius 2 is 1.94 bits per heavy atom. The van der Waals surface area contributed by atoms with Crippen molar-refractivity contribution < 1.29 is 23.1 Å². The summed E-state index contributed by atoms with van der Waals surface area (Å²) in [5, 5.41) is 12.1. The normalized spacial score (nSPS) is 20.7. The molecule has 0 aromatic carbocycles. The maximum absolute atomic E-state index is 11.9. The molecule has 16 heavy (non-hydrogen) atoms. The second-order valence-electron chi connectivity index (χ2n) is 3.88. The maximum Gasteiger partial charge on any atom is 0.441 e. The second kappa shape index (κ2) is 5.27. The number of carboxylic acid groups (broad SMARTS) is 1. The van der Waals surface area contributed by atoms with Gasteiger partial charge in [0.2, 0.25) is 0 Å². The van der Waals surface area contributed by atoms with E-state index in [1.165, 1.54) is 0 Å². The number of hydrogen-bond acceptors (Lipinski definition) is 3. The first-order valence-electron chi connectivity index (χ1n) is 5.01. The van der Waals surface area contributed by atoms with Crippen molar-refractivity contribution >= 4 is 17.7 Å². The standard InChI is InChI=1S/C9H14F3NO2S/c10-9(11,12)16-6-3-8(7(14)15)1-4-13-5-2-8/h13H,1-6H2,(H,14,15). The monoisotopic (exact) mass is 257 g/mol. The predicted octanol–water partition coefficient (Wildman–Crippen LogP) is 2.08. The number of thioether (sulfide) groups is 1. The van der Waals surface area contributed by atoms with Crippen molar-refractivity contribution in [2.45, 2.75) is 24.8 Å². The largest absolute Gasteiger partial charge is 0.481 e. The summed E-state index contributed by atoms with van der Waals surface area (Å²) < 4.78 is 35.8. The van der Waals surface area contributed by atoms with Gasteiger partial charge in [-0.25, -0.2) is 0 Å². The van der Waals surface area contributed by atoms with Crippen molar-refractivity contribution in [3.8, 4) is 0 Å². The third kappa shape index (κ3) is 3.86. The van der Waals surface area contributed by atoms with Crippen molar-refractivity contribution in [3.05, 3.63) is 0 Å². The van der Waals surface area contributed by atoms with E-state index in [0.717, 1.165) is 0 Å². The molecule has 1 fully saturated rings. The van der Waals surface area contributed by atoms with E-state index in [1.807, 2.05) is 0 Å². The van der Waals surface area contributed by atoms with Crippen LogP contribution in [0.25, 0.3) is 0 Å². The molecular formula is C9H14F3NO2S. The number of halogens is 3. The smallest absolute Gasteiger partial charge is 0.441 e. The minimum atomic E-state index is -4.27. The number of piperidine rings is 1. The molecule has 0 unspecified atom stereocenters. The van der Waals surface area contributed by atoms with Gasteiger partial charge in [-0.15, -0.1) is 0 Å². The van der Waals surface area contributed by atoms with Crippen LogP contribution in [0.2, 0.25) is 0 Å². The van der Waals surface area contributed by atoms with Crippen LogP contribution in [0.3, 0.4) is 0 Å². The quantitative estimate of drug-likeness (QED) is 0.809. The third-order valence-electron chi connectivity index (χ3n) is 2.86. The molecule has 2 N–H and O–H groups in total. The zero-order chi connectivity index (χ0) is 12.2. The lowest BCUT2D eigenvalue weighted by Crippen LogP contribution is -2.42. The number of carboxylic acids is 1. The maximum atomic E-state index is 11.9. The van der Waals surface area contributed by atoms with Crippen molar-refractivity contribution in [2.24, 2.45) is 5.41 Å². The molecule has 0 spiro atoms. The van der Waals surface area contributed by atoms with E-state index in [1.54, 1.807) is 0 Å². The van der Waals surface area contributed by atoms with E-state index in [4.69, 9.17) is 5.11 Å². The summed E-state index contributed by atoms with van der Waals surface area (Å²) in [6.45, 7) is 1.12. The molecule has 3 nitrogen and oxygen atoms in total. The van der Waals surface area contributed by atoms with Gasteiger partial charge in [0.15, 0.2) is 0 Å². The van der Waals surface area contributed by atoms with Gasteiger partial charge in [0.1, 0.15) is 0 Å². The summed E-state index contributed by atoms with van der Waals surface area (Å²) in [6, 6.07) is 0. The molecule has 1 heterocycles. The van der Waals surface area contributed by atoms with Crippen LogP contribution >= 0.6 is 11.8 Å². The van der Waals surface area contributed by atoms with Crippen molar-refractivity contribution in [3.63, 3.8) is 0 Å². The molecule has 0 saturated carbocycles. The highest BCUT2D eigenvalue weighted by Crippen LogP contribution is 2.38. The molecule has 1 aliphatic heterocycles. The summed E-state index contributed by atoms with van der Waals surface area (Å²) in [4.78, 5) is 11.1. The number of aliphatic carboxylic acids is 1. The Kier molecular flexibility index (Phi) is 4.49. The molecule has 1 aliphatic rings. The molecule has 0 aromatic heterocycles. The molecule has 0 atom stereocenters. The number of alkyl halides is 3. The van der Waals surface area contributed by atoms with Crippen LogP contribution in [0.1, 0.15) is 19.3 Å². The lowest BCUT2D eigenvalue weighted by atomic mass is 9.77. The molecule has 0 amide bonds. The summed E-state index contributed by atoms with van der Waals surface area (Å²) in [6.07, 6.45) is 0.885. The van der Waals surface area contributed by atoms with Crippen LogP contribution in [0, 0.1) is 5.41 Å². The highest BCUT2D eigenvalue weighted by atomic mass is 32.2. The van der Waals surface area contributed by atoms with Crippen LogP contribution in [0.4, 0.5) is 13.2 Å². The van der Waals surface area contributed by atoms with Crippen molar-refractivity contribution in [1.82, 2.24) is 5.32 Å². The first kappa shape index (κ1) is 13.6. The van der Waals surface area contributed by atoms with Crippen LogP contribution in [-0.4, -0.2) is 35.4 Å². The highest BCUT2D eigenvalue weighted by Gasteiger charge is 2.40. The molecular weight excluding hydrogens is 243 g/mol. The van der Waals surface area contributed by atoms with Gasteiger partial charge in [0, 0.05) is 5.75 Å². The lowest BCUT2D eigenvalue weighted by Gasteiger charge is -2.33. The van der Waals surface area contributed by atoms with Gasteiger partial charge in [-0.2, -0.15) is 13.2 Å². The van der Waals surface area contributed by atoms with Crippen molar-refractivity contribution in [2.75, 3.05) is 18.8 Å². The Hall–Kier alpha value is -0.430. The number of carbonyl (C=O) groups is 1. The SMILES string of the molecule is O=C(O)C1(CCSC(F)(F)F)CCNCC1. The summed E-state index contributed by atoms with van der Waals surface area (Å²) >= 11 is -0.141. The van der Waals surface area contributed by atoms with E-state index in [2.05, 4.69) is 5.32 Å². The third-order valence-corrected chi connectivity index (χ3v) is 3.60. The zero-order valence-corrected chi connectivity index (χ0v) is 9.46. The topological polar surface area (TPSA) is 49.3 Å². The molecule has 0 radical (unpaired) electrons. The number of hydrogen-bond donors (Lipinski definition) is 2. The van der Waals surface area contributed by atoms with E-state index in [-0.39, 0.29) is 23.9 Å². The minimum absolute atomic E-state index is 0.0776. The Morgan fingerprint density at radius 3 is 2.38 bits per heavy atom. The summed E-state index contributed by atoms with van der Waals surface area (Å²) in [5.41, 5.74) is -5.24. The first-order valence-corrected chi connectivity index (χ1v) is 5.99. The summed E-state index contributed by atoms with van der Waals surface area (Å²) in [5.74, 6) is -1.16. The lowest BCUT2D eigenvalue weighted by molar-refractivity contribution is -0.150. The van der Waals surface area contributed by atoms with E-state index in [9.17, 15) is 18.0 Å². The van der Waals surface area contributed by atoms with E-state index < -0.39 is 16.9 Å². The van der Waals surface area contributed by atoms with E-state index in [0.29, 0.717) is 25.9 Å². The Bertz CT molecular complexity index is 252. The van der Waals surface area contributed by atoms with Crippen LogP contribution in [0.5, 0.6) is 0 Å². The first-order chi connectivity index (χ1) is 7.36. The fraction of sp³-hybridized carbons (Fsp3) is 0.889. The van der Waals surface area contributed by atoms with Crippen LogP contribution in [-0.2, 0) is 4.79 Å². The Labute approximate surface area is 95.8 Å². The second-order valence-corrected chi connectivity index (χ2v) is 5.04. The Balaban J connectivity index is 2.48. The fourth-order valence-electron chi connectivity index (χ4n) is 1.84. The van der Waals surface area contributed by atoms with Gasteiger partial charge in [-0.05, 0) is 32.4 Å². The van der Waals surface area contributed by atoms with Gasteiger partial charge in [-0.3, -0.25) is 4.79 Å². The van der Waals surface area contributed by atoms with Gasteiger partial charge in [0.25, 0.3) is 0 Å². The fourth-order valence-corrected chi connectivity index (χ4v) is 2.56. The van der Waals surface area contributed by atoms with E-state index >= 15 is 0 Å². The zero-order valence-electron chi connectivity index (χ0n) is 8.64. The molecule has 0 aliphatic carbocycles. The highest BCUT2D eigenvalue weighted by molar-refractivity contribution is 8.00. The van der Waals surface area contributed by atoms with Crippen molar-refractivity contribution in [1.29, 1.82) is 0 Å². The molecule has 1 rings (SSSR count). The molecule has 1 saturated heterocycles. The molecule has 0 bridgehead atoms. The Morgan fingerprint density at radius 1 is 1.38 bits per heavy atom. The van der Waals surface area contributed by atoms with Crippen LogP contribution in [0.15, 0.2) is 0 Å². The minimum Gasteiger partial charge on any atom is -0.481 e. The summed E-state index contributed by atoms with van der Waals surface area (Å²) in [7, 11) is 0. The van der Waals surface area contributed by atoms with Gasteiger partial charge < -0.3 is 10.4 Å². The number of nitrogens with one attached hydrogen (secondary N) is 1.